The number of nitrogen functional groups attached to an aromatic ring is 1. The number of nitrogens with zero attached hydrogens (tertiary/aromatic N) is 2. The SMILES string of the molecule is CCCCCCCCCCCCOP(=O)(O)OC[C@H]1O[C@@H](n2ccc(N)nc2=O)C(F)(F)[C@@H]1OC(O)CCCCCCCCCCCC. The predicted molar refractivity (Wildman–Crippen MR) is 183 cm³/mol. The Morgan fingerprint density at radius 2 is 1.40 bits per heavy atom. The van der Waals surface area contributed by atoms with E-state index in [1.54, 1.807) is 0 Å². The molecule has 5 atom stereocenters. The van der Waals surface area contributed by atoms with Crippen LogP contribution in [0.3, 0.4) is 0 Å². The molecule has 1 saturated heterocycles. The van der Waals surface area contributed by atoms with Gasteiger partial charge in [-0.15, -0.1) is 0 Å². The van der Waals surface area contributed by atoms with Crippen molar-refractivity contribution in [2.75, 3.05) is 18.9 Å². The first-order chi connectivity index (χ1) is 23.0. The predicted octanol–water partition coefficient (Wildman–Crippen LogP) is 8.43. The minimum Gasteiger partial charge on any atom is -0.383 e. The minimum atomic E-state index is -4.61. The number of alkyl halides is 2. The Balaban J connectivity index is 1.87. The first-order valence-corrected chi connectivity index (χ1v) is 19.8. The lowest BCUT2D eigenvalue weighted by Gasteiger charge is -2.27. The minimum absolute atomic E-state index is 0.0292. The maximum absolute atomic E-state index is 15.8. The molecule has 48 heavy (non-hydrogen) atoms. The number of phosphoric ester groups is 1. The van der Waals surface area contributed by atoms with E-state index >= 15 is 8.78 Å². The number of aliphatic hydroxyl groups is 1. The highest BCUT2D eigenvalue weighted by atomic mass is 31.2. The zero-order valence-corrected chi connectivity index (χ0v) is 30.1. The van der Waals surface area contributed by atoms with Gasteiger partial charge in [-0.2, -0.15) is 13.8 Å². The Morgan fingerprint density at radius 1 is 0.896 bits per heavy atom. The van der Waals surface area contributed by atoms with Crippen LogP contribution in [-0.4, -0.2) is 57.2 Å². The van der Waals surface area contributed by atoms with Crippen molar-refractivity contribution in [3.8, 4) is 0 Å². The third-order valence-corrected chi connectivity index (χ3v) is 9.70. The summed E-state index contributed by atoms with van der Waals surface area (Å²) in [5.74, 6) is -4.00. The highest BCUT2D eigenvalue weighted by Gasteiger charge is 2.62. The number of hydrogen-bond acceptors (Lipinski definition) is 9. The molecule has 0 aromatic carbocycles. The summed E-state index contributed by atoms with van der Waals surface area (Å²) in [6.07, 6.45) is 15.3. The van der Waals surface area contributed by atoms with Crippen LogP contribution in [0.15, 0.2) is 17.1 Å². The van der Waals surface area contributed by atoms with Crippen LogP contribution in [0.1, 0.15) is 155 Å². The van der Waals surface area contributed by atoms with Crippen molar-refractivity contribution in [1.29, 1.82) is 0 Å². The first kappa shape index (κ1) is 42.7. The van der Waals surface area contributed by atoms with Gasteiger partial charge < -0.3 is 25.2 Å². The molecule has 0 amide bonds. The number of hydrogen-bond donors (Lipinski definition) is 3. The lowest BCUT2D eigenvalue weighted by Crippen LogP contribution is -2.45. The topological polar surface area (TPSA) is 155 Å². The molecule has 2 heterocycles. The number of rotatable bonds is 29. The number of ether oxygens (including phenoxy) is 2. The van der Waals surface area contributed by atoms with E-state index in [-0.39, 0.29) is 18.8 Å². The van der Waals surface area contributed by atoms with Crippen LogP contribution in [0.4, 0.5) is 14.6 Å². The van der Waals surface area contributed by atoms with Crippen molar-refractivity contribution in [1.82, 2.24) is 9.55 Å². The number of aliphatic hydroxyl groups excluding tert-OH is 1. The van der Waals surface area contributed by atoms with Crippen molar-refractivity contribution < 1.29 is 41.9 Å². The summed E-state index contributed by atoms with van der Waals surface area (Å²) in [5.41, 5.74) is 4.45. The van der Waals surface area contributed by atoms with Gasteiger partial charge in [0.25, 0.3) is 0 Å². The smallest absolute Gasteiger partial charge is 0.383 e. The molecule has 4 N–H and O–H groups in total. The molecule has 0 radical (unpaired) electrons. The van der Waals surface area contributed by atoms with E-state index in [1.807, 2.05) is 0 Å². The fourth-order valence-corrected chi connectivity index (χ4v) is 6.66. The molecule has 0 spiro atoms. The quantitative estimate of drug-likeness (QED) is 0.0419. The summed E-state index contributed by atoms with van der Waals surface area (Å²) in [7, 11) is -4.61. The van der Waals surface area contributed by atoms with E-state index in [0.717, 1.165) is 57.6 Å². The summed E-state index contributed by atoms with van der Waals surface area (Å²) in [5, 5.41) is 10.5. The molecule has 11 nitrogen and oxygen atoms in total. The van der Waals surface area contributed by atoms with E-state index < -0.39 is 50.8 Å². The lowest BCUT2D eigenvalue weighted by molar-refractivity contribution is -0.214. The molecule has 1 aromatic heterocycles. The molecule has 2 unspecified atom stereocenters. The van der Waals surface area contributed by atoms with Crippen LogP contribution in [0, 0.1) is 0 Å². The number of halogens is 2. The van der Waals surface area contributed by atoms with E-state index in [9.17, 15) is 19.4 Å². The maximum Gasteiger partial charge on any atom is 0.472 e. The van der Waals surface area contributed by atoms with Crippen molar-refractivity contribution >= 4 is 13.6 Å². The fourth-order valence-electron chi connectivity index (χ4n) is 5.89. The zero-order chi connectivity index (χ0) is 35.3. The summed E-state index contributed by atoms with van der Waals surface area (Å²) >= 11 is 0. The van der Waals surface area contributed by atoms with Gasteiger partial charge >= 0.3 is 19.4 Å². The van der Waals surface area contributed by atoms with Gasteiger partial charge in [0.1, 0.15) is 11.9 Å². The van der Waals surface area contributed by atoms with Crippen LogP contribution >= 0.6 is 7.82 Å². The van der Waals surface area contributed by atoms with Gasteiger partial charge in [0.15, 0.2) is 12.4 Å². The summed E-state index contributed by atoms with van der Waals surface area (Å²) in [4.78, 5) is 26.1. The van der Waals surface area contributed by atoms with Gasteiger partial charge in [-0.05, 0) is 25.3 Å². The average molecular weight is 710 g/mol. The number of nitrogens with two attached hydrogens (primary N) is 1. The average Bonchev–Trinajstić information content (AvgIpc) is 3.28. The number of phosphoric acid groups is 1. The van der Waals surface area contributed by atoms with Gasteiger partial charge in [-0.1, -0.05) is 129 Å². The highest BCUT2D eigenvalue weighted by molar-refractivity contribution is 7.47. The molecule has 280 valence electrons. The fraction of sp³-hybridized carbons (Fsp3) is 0.882. The number of aromatic nitrogens is 2. The molecule has 14 heteroatoms. The largest absolute Gasteiger partial charge is 0.472 e. The van der Waals surface area contributed by atoms with Crippen LogP contribution in [-0.2, 0) is 23.1 Å². The normalized spacial score (nSPS) is 21.0. The standard InChI is InChI=1S/C34H62F2N3O8P/c1-3-5-7-9-11-13-15-17-19-21-23-30(40)47-31-28(46-32(34(31,35)36)39-25-24-29(37)38-33(39)41)27-45-48(42,43)44-26-22-20-18-16-14-12-10-8-6-4-2/h24-25,28,30-32,40H,3-23,26-27H2,1-2H3,(H,42,43)(H2,37,38,41)/t28-,30?,31-,32-/m1/s1. The molecule has 0 saturated carbocycles. The highest BCUT2D eigenvalue weighted by Crippen LogP contribution is 2.48. The van der Waals surface area contributed by atoms with E-state index in [2.05, 4.69) is 18.8 Å². The Hall–Kier alpha value is -1.47. The summed E-state index contributed by atoms with van der Waals surface area (Å²) in [6, 6.07) is 1.17. The Labute approximate surface area is 285 Å². The van der Waals surface area contributed by atoms with Crippen LogP contribution < -0.4 is 11.4 Å². The maximum atomic E-state index is 15.8. The van der Waals surface area contributed by atoms with Gasteiger partial charge in [0.05, 0.1) is 13.2 Å². The molecule has 0 bridgehead atoms. The molecule has 0 aliphatic carbocycles. The van der Waals surface area contributed by atoms with Crippen molar-refractivity contribution in [2.45, 2.75) is 179 Å². The Bertz CT molecular complexity index is 1100. The Morgan fingerprint density at radius 3 is 1.92 bits per heavy atom. The monoisotopic (exact) mass is 709 g/mol. The van der Waals surface area contributed by atoms with Gasteiger partial charge in [0.2, 0.25) is 6.23 Å². The molecule has 1 aliphatic rings. The van der Waals surface area contributed by atoms with E-state index in [4.69, 9.17) is 24.3 Å². The first-order valence-electron chi connectivity index (χ1n) is 18.3. The molecular formula is C34H62F2N3O8P. The van der Waals surface area contributed by atoms with Crippen molar-refractivity contribution in [3.63, 3.8) is 0 Å². The van der Waals surface area contributed by atoms with Crippen LogP contribution in [0.5, 0.6) is 0 Å². The van der Waals surface area contributed by atoms with Crippen LogP contribution in [0.2, 0.25) is 0 Å². The second kappa shape index (κ2) is 23.8. The Kier molecular flexibility index (Phi) is 21.2. The van der Waals surface area contributed by atoms with Gasteiger partial charge in [0, 0.05) is 6.20 Å². The summed E-state index contributed by atoms with van der Waals surface area (Å²) in [6.45, 7) is 3.55. The van der Waals surface area contributed by atoms with E-state index in [1.165, 1.54) is 70.3 Å². The number of anilines is 1. The molecular weight excluding hydrogens is 647 g/mol. The molecule has 1 aromatic rings. The van der Waals surface area contributed by atoms with E-state index in [0.29, 0.717) is 17.4 Å². The van der Waals surface area contributed by atoms with Crippen LogP contribution in [0.25, 0.3) is 0 Å². The summed E-state index contributed by atoms with van der Waals surface area (Å²) < 4.78 is 65.7. The third kappa shape index (κ3) is 16.5. The molecule has 2 rings (SSSR count). The van der Waals surface area contributed by atoms with Crippen molar-refractivity contribution in [3.05, 3.63) is 22.7 Å². The zero-order valence-electron chi connectivity index (χ0n) is 29.2. The van der Waals surface area contributed by atoms with Gasteiger partial charge in [-0.3, -0.25) is 13.6 Å². The number of unbranched alkanes of at least 4 members (excludes halogenated alkanes) is 18. The second-order valence-corrected chi connectivity index (χ2v) is 14.5. The molecule has 1 fully saturated rings. The van der Waals surface area contributed by atoms with Crippen molar-refractivity contribution in [2.24, 2.45) is 0 Å². The third-order valence-electron chi connectivity index (χ3n) is 8.72. The second-order valence-electron chi connectivity index (χ2n) is 13.0. The molecule has 1 aliphatic heterocycles. The van der Waals surface area contributed by atoms with Gasteiger partial charge in [-0.25, -0.2) is 9.36 Å². The lowest BCUT2D eigenvalue weighted by atomic mass is 10.1.